The second kappa shape index (κ2) is 7.82. The molecule has 2 rings (SSSR count). The van der Waals surface area contributed by atoms with E-state index in [2.05, 4.69) is 0 Å². The predicted octanol–water partition coefficient (Wildman–Crippen LogP) is 1.08. The third kappa shape index (κ3) is 4.85. The summed E-state index contributed by atoms with van der Waals surface area (Å²) in [7, 11) is 1.54. The van der Waals surface area contributed by atoms with Crippen molar-refractivity contribution in [3.63, 3.8) is 0 Å². The van der Waals surface area contributed by atoms with Gasteiger partial charge in [-0.2, -0.15) is 0 Å². The molecule has 1 saturated heterocycles. The van der Waals surface area contributed by atoms with Crippen molar-refractivity contribution >= 4 is 11.9 Å². The van der Waals surface area contributed by atoms with Gasteiger partial charge in [-0.3, -0.25) is 9.59 Å². The summed E-state index contributed by atoms with van der Waals surface area (Å²) in [6.45, 7) is 2.84. The monoisotopic (exact) mass is 323 g/mol. The van der Waals surface area contributed by atoms with Crippen LogP contribution in [0.2, 0.25) is 0 Å². The highest BCUT2D eigenvalue weighted by molar-refractivity contribution is 5.78. The number of morpholine rings is 1. The van der Waals surface area contributed by atoms with Gasteiger partial charge in [-0.25, -0.2) is 0 Å². The molecule has 1 aliphatic heterocycles. The topological polar surface area (TPSA) is 85.3 Å². The van der Waals surface area contributed by atoms with Gasteiger partial charge in [0.1, 0.15) is 0 Å². The van der Waals surface area contributed by atoms with Crippen LogP contribution in [0, 0.1) is 6.92 Å². The number of carboxylic acids is 1. The van der Waals surface area contributed by atoms with Crippen LogP contribution in [0.5, 0.6) is 11.5 Å². The molecule has 0 spiro atoms. The first-order valence-corrected chi connectivity index (χ1v) is 7.38. The second-order valence-corrected chi connectivity index (χ2v) is 5.37. The Morgan fingerprint density at radius 1 is 1.39 bits per heavy atom. The summed E-state index contributed by atoms with van der Waals surface area (Å²) in [5.41, 5.74) is 1.03. The van der Waals surface area contributed by atoms with E-state index >= 15 is 0 Å². The fraction of sp³-hybridized carbons (Fsp3) is 0.500. The molecule has 1 atom stereocenters. The number of ether oxygens (including phenoxy) is 3. The minimum absolute atomic E-state index is 0.115. The Morgan fingerprint density at radius 3 is 2.87 bits per heavy atom. The average molecular weight is 323 g/mol. The Hall–Kier alpha value is -2.28. The molecule has 1 heterocycles. The predicted molar refractivity (Wildman–Crippen MR) is 81.8 cm³/mol. The van der Waals surface area contributed by atoms with E-state index in [1.54, 1.807) is 18.1 Å². The Kier molecular flexibility index (Phi) is 5.81. The summed E-state index contributed by atoms with van der Waals surface area (Å²) in [6.07, 6.45) is -0.588. The maximum Gasteiger partial charge on any atom is 0.306 e. The third-order valence-corrected chi connectivity index (χ3v) is 3.56. The molecule has 1 amide bonds. The van der Waals surface area contributed by atoms with E-state index in [4.69, 9.17) is 19.3 Å². The number of aryl methyl sites for hydroxylation is 1. The Morgan fingerprint density at radius 2 is 2.17 bits per heavy atom. The summed E-state index contributed by atoms with van der Waals surface area (Å²) in [5, 5.41) is 8.80. The van der Waals surface area contributed by atoms with Crippen molar-refractivity contribution in [2.24, 2.45) is 0 Å². The van der Waals surface area contributed by atoms with Crippen LogP contribution in [0.25, 0.3) is 0 Å². The summed E-state index contributed by atoms with van der Waals surface area (Å²) >= 11 is 0. The number of nitrogens with zero attached hydrogens (tertiary/aromatic N) is 1. The Labute approximate surface area is 134 Å². The van der Waals surface area contributed by atoms with Crippen molar-refractivity contribution in [3.8, 4) is 11.5 Å². The minimum Gasteiger partial charge on any atom is -0.493 e. The van der Waals surface area contributed by atoms with Gasteiger partial charge in [-0.05, 0) is 24.6 Å². The van der Waals surface area contributed by atoms with Crippen LogP contribution < -0.4 is 9.47 Å². The number of carbonyl (C=O) groups is 2. The van der Waals surface area contributed by atoms with E-state index in [-0.39, 0.29) is 25.5 Å². The van der Waals surface area contributed by atoms with Crippen molar-refractivity contribution in [3.05, 3.63) is 23.8 Å². The van der Waals surface area contributed by atoms with Gasteiger partial charge >= 0.3 is 5.97 Å². The molecule has 7 heteroatoms. The second-order valence-electron chi connectivity index (χ2n) is 5.37. The average Bonchev–Trinajstić information content (AvgIpc) is 2.52. The summed E-state index contributed by atoms with van der Waals surface area (Å²) in [6, 6.07) is 5.46. The lowest BCUT2D eigenvalue weighted by Gasteiger charge is -2.32. The number of carboxylic acid groups (broad SMARTS) is 1. The first-order chi connectivity index (χ1) is 11.0. The van der Waals surface area contributed by atoms with Crippen molar-refractivity contribution in [2.45, 2.75) is 19.4 Å². The van der Waals surface area contributed by atoms with Gasteiger partial charge in [-0.15, -0.1) is 0 Å². The highest BCUT2D eigenvalue weighted by atomic mass is 16.5. The minimum atomic E-state index is -0.940. The van der Waals surface area contributed by atoms with E-state index in [0.717, 1.165) is 5.56 Å². The molecule has 1 unspecified atom stereocenters. The van der Waals surface area contributed by atoms with Gasteiger partial charge in [0.15, 0.2) is 18.1 Å². The molecule has 0 bridgehead atoms. The van der Waals surface area contributed by atoms with Crippen LogP contribution in [0.1, 0.15) is 12.0 Å². The zero-order chi connectivity index (χ0) is 16.8. The molecule has 1 N–H and O–H groups in total. The standard InChI is InChI=1S/C16H21NO6/c1-11-3-4-13(14(7-11)21-2)23-10-15(18)17-5-6-22-12(9-17)8-16(19)20/h3-4,7,12H,5-6,8-10H2,1-2H3,(H,19,20). The van der Waals surface area contributed by atoms with Gasteiger partial charge < -0.3 is 24.2 Å². The third-order valence-electron chi connectivity index (χ3n) is 3.56. The van der Waals surface area contributed by atoms with Crippen LogP contribution >= 0.6 is 0 Å². The SMILES string of the molecule is COc1cc(C)ccc1OCC(=O)N1CCOC(CC(=O)O)C1. The molecule has 0 aromatic heterocycles. The van der Waals surface area contributed by atoms with E-state index < -0.39 is 12.1 Å². The van der Waals surface area contributed by atoms with Crippen LogP contribution in [0.15, 0.2) is 18.2 Å². The number of hydrogen-bond donors (Lipinski definition) is 1. The summed E-state index contributed by atoms with van der Waals surface area (Å²) < 4.78 is 16.1. The fourth-order valence-electron chi connectivity index (χ4n) is 2.39. The number of amides is 1. The number of carbonyl (C=O) groups excluding carboxylic acids is 1. The van der Waals surface area contributed by atoms with Gasteiger partial charge in [0.2, 0.25) is 0 Å². The quantitative estimate of drug-likeness (QED) is 0.843. The van der Waals surface area contributed by atoms with Crippen molar-refractivity contribution < 1.29 is 28.9 Å². The number of benzene rings is 1. The molecular formula is C16H21NO6. The molecule has 1 aliphatic rings. The number of aliphatic carboxylic acids is 1. The molecule has 23 heavy (non-hydrogen) atoms. The maximum atomic E-state index is 12.2. The highest BCUT2D eigenvalue weighted by Crippen LogP contribution is 2.27. The van der Waals surface area contributed by atoms with Gasteiger partial charge in [0.05, 0.1) is 26.2 Å². The van der Waals surface area contributed by atoms with Crippen LogP contribution in [-0.4, -0.2) is 61.4 Å². The lowest BCUT2D eigenvalue weighted by atomic mass is 10.2. The largest absolute Gasteiger partial charge is 0.493 e. The van der Waals surface area contributed by atoms with Crippen molar-refractivity contribution in [1.82, 2.24) is 4.90 Å². The van der Waals surface area contributed by atoms with Crippen LogP contribution in [-0.2, 0) is 14.3 Å². The van der Waals surface area contributed by atoms with Gasteiger partial charge in [0, 0.05) is 13.1 Å². The van der Waals surface area contributed by atoms with E-state index in [1.165, 1.54) is 0 Å². The van der Waals surface area contributed by atoms with E-state index in [0.29, 0.717) is 24.7 Å². The smallest absolute Gasteiger partial charge is 0.306 e. The van der Waals surface area contributed by atoms with Gasteiger partial charge in [0.25, 0.3) is 5.91 Å². The molecular weight excluding hydrogens is 302 g/mol. The first kappa shape index (κ1) is 17.1. The van der Waals surface area contributed by atoms with Crippen LogP contribution in [0.4, 0.5) is 0 Å². The normalized spacial score (nSPS) is 17.7. The Bertz CT molecular complexity index is 574. The van der Waals surface area contributed by atoms with Crippen LogP contribution in [0.3, 0.4) is 0 Å². The molecule has 1 aromatic carbocycles. The molecule has 7 nitrogen and oxygen atoms in total. The molecule has 126 valence electrons. The number of rotatable bonds is 6. The van der Waals surface area contributed by atoms with E-state index in [9.17, 15) is 9.59 Å². The molecule has 0 aliphatic carbocycles. The van der Waals surface area contributed by atoms with Gasteiger partial charge in [-0.1, -0.05) is 6.07 Å². The molecule has 0 saturated carbocycles. The highest BCUT2D eigenvalue weighted by Gasteiger charge is 2.26. The van der Waals surface area contributed by atoms with E-state index in [1.807, 2.05) is 19.1 Å². The molecule has 1 fully saturated rings. The first-order valence-electron chi connectivity index (χ1n) is 7.38. The lowest BCUT2D eigenvalue weighted by molar-refractivity contribution is -0.148. The maximum absolute atomic E-state index is 12.2. The summed E-state index contributed by atoms with van der Waals surface area (Å²) in [5.74, 6) is -0.0680. The number of methoxy groups -OCH3 is 1. The lowest BCUT2D eigenvalue weighted by Crippen LogP contribution is -2.47. The van der Waals surface area contributed by atoms with Crippen molar-refractivity contribution in [1.29, 1.82) is 0 Å². The zero-order valence-corrected chi connectivity index (χ0v) is 13.3. The van der Waals surface area contributed by atoms with Crippen molar-refractivity contribution in [2.75, 3.05) is 33.4 Å². The fourth-order valence-corrected chi connectivity index (χ4v) is 2.39. The zero-order valence-electron chi connectivity index (χ0n) is 13.3. The molecule has 0 radical (unpaired) electrons. The Balaban J connectivity index is 1.90. The number of hydrogen-bond acceptors (Lipinski definition) is 5. The summed E-state index contributed by atoms with van der Waals surface area (Å²) in [4.78, 5) is 24.5. The molecule has 1 aromatic rings.